The maximum absolute atomic E-state index is 13.7. The standard InChI is InChI=1S/C18H14FN7O/c1-11-12(2)26(14-5-3-4-13(19)6-14)18(15(11)7-20)23-17(27)9-25-10-22-24-16(25)8-21/h3-6,10H,9H2,1-2H3,(H,23,27). The van der Waals surface area contributed by atoms with Gasteiger partial charge in [0, 0.05) is 5.69 Å². The topological polar surface area (TPSA) is 112 Å². The molecule has 0 aliphatic carbocycles. The van der Waals surface area contributed by atoms with Gasteiger partial charge in [0.1, 0.15) is 36.6 Å². The van der Waals surface area contributed by atoms with Crippen LogP contribution in [0.25, 0.3) is 5.69 Å². The Hall–Kier alpha value is -3.98. The molecule has 0 atom stereocenters. The number of carbonyl (C=O) groups excluding carboxylic acids is 1. The van der Waals surface area contributed by atoms with E-state index in [0.29, 0.717) is 16.9 Å². The van der Waals surface area contributed by atoms with Crippen molar-refractivity contribution in [3.05, 3.63) is 59.1 Å². The number of anilines is 1. The number of hydrogen-bond donors (Lipinski definition) is 1. The molecule has 0 aliphatic heterocycles. The van der Waals surface area contributed by atoms with Crippen LogP contribution < -0.4 is 5.32 Å². The number of nitriles is 2. The molecule has 2 heterocycles. The summed E-state index contributed by atoms with van der Waals surface area (Å²) < 4.78 is 16.6. The van der Waals surface area contributed by atoms with Crippen LogP contribution in [0.1, 0.15) is 22.6 Å². The van der Waals surface area contributed by atoms with Crippen LogP contribution >= 0.6 is 0 Å². The van der Waals surface area contributed by atoms with Crippen molar-refractivity contribution < 1.29 is 9.18 Å². The Labute approximate surface area is 154 Å². The van der Waals surface area contributed by atoms with Gasteiger partial charge in [0.15, 0.2) is 0 Å². The van der Waals surface area contributed by atoms with Crippen LogP contribution in [-0.2, 0) is 11.3 Å². The molecule has 27 heavy (non-hydrogen) atoms. The maximum atomic E-state index is 13.7. The smallest absolute Gasteiger partial charge is 0.245 e. The Morgan fingerprint density at radius 2 is 2.07 bits per heavy atom. The zero-order valence-electron chi connectivity index (χ0n) is 14.6. The summed E-state index contributed by atoms with van der Waals surface area (Å²) in [5.74, 6) is -0.664. The summed E-state index contributed by atoms with van der Waals surface area (Å²) in [5, 5.41) is 28.4. The third-order valence-electron chi connectivity index (χ3n) is 4.18. The van der Waals surface area contributed by atoms with E-state index in [0.717, 1.165) is 0 Å². The molecule has 0 bridgehead atoms. The lowest BCUT2D eigenvalue weighted by molar-refractivity contribution is -0.116. The lowest BCUT2D eigenvalue weighted by Crippen LogP contribution is -2.21. The zero-order valence-corrected chi connectivity index (χ0v) is 14.6. The van der Waals surface area contributed by atoms with Gasteiger partial charge in [-0.15, -0.1) is 10.2 Å². The fourth-order valence-electron chi connectivity index (χ4n) is 2.78. The highest BCUT2D eigenvalue weighted by molar-refractivity contribution is 5.92. The first-order valence-electron chi connectivity index (χ1n) is 7.92. The van der Waals surface area contributed by atoms with Crippen LogP contribution in [0.3, 0.4) is 0 Å². The van der Waals surface area contributed by atoms with E-state index in [1.807, 2.05) is 6.07 Å². The first kappa shape index (κ1) is 17.8. The average Bonchev–Trinajstić information content (AvgIpc) is 3.17. The summed E-state index contributed by atoms with van der Waals surface area (Å²) in [6, 6.07) is 9.78. The molecule has 0 unspecified atom stereocenters. The van der Waals surface area contributed by atoms with Gasteiger partial charge in [-0.25, -0.2) is 4.39 Å². The van der Waals surface area contributed by atoms with E-state index in [1.54, 1.807) is 30.5 Å². The summed E-state index contributed by atoms with van der Waals surface area (Å²) in [6.45, 7) is 3.34. The van der Waals surface area contributed by atoms with Gasteiger partial charge in [-0.05, 0) is 37.6 Å². The largest absolute Gasteiger partial charge is 0.309 e. The van der Waals surface area contributed by atoms with Crippen LogP contribution in [0.5, 0.6) is 0 Å². The summed E-state index contributed by atoms with van der Waals surface area (Å²) in [6.07, 6.45) is 1.27. The predicted molar refractivity (Wildman–Crippen MR) is 93.3 cm³/mol. The molecule has 0 radical (unpaired) electrons. The normalized spacial score (nSPS) is 10.3. The minimum Gasteiger partial charge on any atom is -0.309 e. The van der Waals surface area contributed by atoms with Crippen molar-refractivity contribution in [1.82, 2.24) is 19.3 Å². The van der Waals surface area contributed by atoms with E-state index < -0.39 is 11.7 Å². The summed E-state index contributed by atoms with van der Waals surface area (Å²) >= 11 is 0. The van der Waals surface area contributed by atoms with Gasteiger partial charge in [-0.1, -0.05) is 6.07 Å². The van der Waals surface area contributed by atoms with E-state index in [-0.39, 0.29) is 23.8 Å². The number of benzene rings is 1. The maximum Gasteiger partial charge on any atom is 0.245 e. The highest BCUT2D eigenvalue weighted by Gasteiger charge is 2.21. The fraction of sp³-hybridized carbons (Fsp3) is 0.167. The first-order chi connectivity index (χ1) is 13.0. The van der Waals surface area contributed by atoms with Gasteiger partial charge in [0.05, 0.1) is 11.3 Å². The Balaban J connectivity index is 2.02. The van der Waals surface area contributed by atoms with Gasteiger partial charge >= 0.3 is 0 Å². The molecule has 8 nitrogen and oxygen atoms in total. The summed E-state index contributed by atoms with van der Waals surface area (Å²) in [5.41, 5.74) is 2.15. The molecule has 3 rings (SSSR count). The number of nitrogens with zero attached hydrogens (tertiary/aromatic N) is 6. The molecular weight excluding hydrogens is 349 g/mol. The van der Waals surface area contributed by atoms with Crippen molar-refractivity contribution in [1.29, 1.82) is 10.5 Å². The van der Waals surface area contributed by atoms with Crippen LogP contribution in [-0.4, -0.2) is 25.2 Å². The molecule has 0 aliphatic rings. The van der Waals surface area contributed by atoms with E-state index in [9.17, 15) is 14.4 Å². The number of amides is 1. The number of rotatable bonds is 4. The number of carbonyl (C=O) groups is 1. The second-order valence-corrected chi connectivity index (χ2v) is 5.80. The fourth-order valence-corrected chi connectivity index (χ4v) is 2.78. The quantitative estimate of drug-likeness (QED) is 0.764. The number of aromatic nitrogens is 4. The Morgan fingerprint density at radius 3 is 2.74 bits per heavy atom. The molecule has 0 saturated carbocycles. The molecule has 9 heteroatoms. The summed E-state index contributed by atoms with van der Waals surface area (Å²) in [4.78, 5) is 12.5. The minimum absolute atomic E-state index is 0.00136. The Bertz CT molecular complexity index is 1110. The highest BCUT2D eigenvalue weighted by atomic mass is 19.1. The second kappa shape index (κ2) is 7.10. The van der Waals surface area contributed by atoms with E-state index in [4.69, 9.17) is 5.26 Å². The predicted octanol–water partition coefficient (Wildman–Crippen LogP) is 2.21. The lowest BCUT2D eigenvalue weighted by Gasteiger charge is -2.13. The summed E-state index contributed by atoms with van der Waals surface area (Å²) in [7, 11) is 0. The van der Waals surface area contributed by atoms with E-state index in [1.165, 1.54) is 23.0 Å². The molecule has 1 aromatic carbocycles. The molecule has 0 fully saturated rings. The molecule has 1 N–H and O–H groups in total. The van der Waals surface area contributed by atoms with Crippen LogP contribution in [0.15, 0.2) is 30.6 Å². The molecule has 134 valence electrons. The minimum atomic E-state index is -0.474. The van der Waals surface area contributed by atoms with Gasteiger partial charge in [-0.3, -0.25) is 13.9 Å². The molecule has 2 aromatic heterocycles. The van der Waals surface area contributed by atoms with E-state index >= 15 is 0 Å². The van der Waals surface area contributed by atoms with Crippen LogP contribution in [0, 0.1) is 42.3 Å². The number of hydrogen-bond acceptors (Lipinski definition) is 5. The zero-order chi connectivity index (χ0) is 19.6. The van der Waals surface area contributed by atoms with Crippen molar-refractivity contribution in [2.75, 3.05) is 5.32 Å². The number of nitrogens with one attached hydrogen (secondary N) is 1. The molecule has 1 amide bonds. The number of halogens is 1. The second-order valence-electron chi connectivity index (χ2n) is 5.80. The van der Waals surface area contributed by atoms with Gasteiger partial charge in [-0.2, -0.15) is 10.5 Å². The van der Waals surface area contributed by atoms with Crippen molar-refractivity contribution >= 4 is 11.7 Å². The highest BCUT2D eigenvalue weighted by Crippen LogP contribution is 2.30. The van der Waals surface area contributed by atoms with Crippen molar-refractivity contribution in [3.8, 4) is 17.8 Å². The third kappa shape index (κ3) is 3.26. The monoisotopic (exact) mass is 363 g/mol. The Morgan fingerprint density at radius 1 is 1.30 bits per heavy atom. The Kier molecular flexibility index (Phi) is 4.69. The van der Waals surface area contributed by atoms with Gasteiger partial charge in [0.25, 0.3) is 0 Å². The van der Waals surface area contributed by atoms with Gasteiger partial charge < -0.3 is 5.32 Å². The van der Waals surface area contributed by atoms with Crippen molar-refractivity contribution in [2.24, 2.45) is 0 Å². The molecular formula is C18H14FN7O. The van der Waals surface area contributed by atoms with Crippen molar-refractivity contribution in [2.45, 2.75) is 20.4 Å². The van der Waals surface area contributed by atoms with E-state index in [2.05, 4.69) is 21.6 Å². The molecule has 3 aromatic rings. The van der Waals surface area contributed by atoms with Gasteiger partial charge in [0.2, 0.25) is 11.7 Å². The average molecular weight is 363 g/mol. The van der Waals surface area contributed by atoms with Crippen LogP contribution in [0.4, 0.5) is 10.2 Å². The van der Waals surface area contributed by atoms with Crippen molar-refractivity contribution in [3.63, 3.8) is 0 Å². The van der Waals surface area contributed by atoms with Crippen LogP contribution in [0.2, 0.25) is 0 Å². The SMILES string of the molecule is Cc1c(C#N)c(NC(=O)Cn2cnnc2C#N)n(-c2cccc(F)c2)c1C. The molecule has 0 spiro atoms. The lowest BCUT2D eigenvalue weighted by atomic mass is 10.2. The first-order valence-corrected chi connectivity index (χ1v) is 7.92. The third-order valence-corrected chi connectivity index (χ3v) is 4.18. The molecule has 0 saturated heterocycles.